The smallest absolute Gasteiger partial charge is 0.105 e. The lowest BCUT2D eigenvalue weighted by molar-refractivity contribution is 1.46. The average molecular weight is 232 g/mol. The highest BCUT2D eigenvalue weighted by atomic mass is 32.1. The zero-order valence-corrected chi connectivity index (χ0v) is 10.9. The Kier molecular flexibility index (Phi) is 3.92. The van der Waals surface area contributed by atoms with Crippen LogP contribution in [0.3, 0.4) is 0 Å². The van der Waals surface area contributed by atoms with Crippen molar-refractivity contribution in [3.63, 3.8) is 0 Å². The summed E-state index contributed by atoms with van der Waals surface area (Å²) in [7, 11) is 0. The maximum absolute atomic E-state index is 9.00. The van der Waals surface area contributed by atoms with Gasteiger partial charge in [-0.15, -0.1) is 11.3 Å². The van der Waals surface area contributed by atoms with Crippen LogP contribution in [-0.2, 0) is 0 Å². The second kappa shape index (κ2) is 5.00. The van der Waals surface area contributed by atoms with E-state index in [0.29, 0.717) is 10.6 Å². The van der Waals surface area contributed by atoms with Gasteiger partial charge < -0.3 is 5.73 Å². The van der Waals surface area contributed by atoms with Gasteiger partial charge in [0.25, 0.3) is 0 Å². The SMILES string of the molecule is CC.Cc1ccc(C)c2c(C#N)c(N)sc12. The number of anilines is 1. The average Bonchev–Trinajstić information content (AvgIpc) is 2.64. The predicted molar refractivity (Wildman–Crippen MR) is 71.8 cm³/mol. The lowest BCUT2D eigenvalue weighted by Gasteiger charge is -1.99. The number of nitrogens with zero attached hydrogens (tertiary/aromatic N) is 1. The number of thiophene rings is 1. The maximum atomic E-state index is 9.00. The van der Waals surface area contributed by atoms with E-state index >= 15 is 0 Å². The largest absolute Gasteiger partial charge is 0.389 e. The molecule has 0 saturated heterocycles. The molecule has 0 saturated carbocycles. The van der Waals surface area contributed by atoms with Crippen LogP contribution in [0.25, 0.3) is 10.1 Å². The van der Waals surface area contributed by atoms with Gasteiger partial charge in [-0.1, -0.05) is 26.0 Å². The Morgan fingerprint density at radius 2 is 1.75 bits per heavy atom. The summed E-state index contributed by atoms with van der Waals surface area (Å²) in [6.07, 6.45) is 0. The molecule has 1 aromatic carbocycles. The third kappa shape index (κ3) is 1.89. The van der Waals surface area contributed by atoms with E-state index in [4.69, 9.17) is 11.0 Å². The summed E-state index contributed by atoms with van der Waals surface area (Å²) in [5, 5.41) is 10.6. The fourth-order valence-electron chi connectivity index (χ4n) is 1.62. The Labute approximate surface area is 100 Å². The number of nitrogens with two attached hydrogens (primary N) is 1. The molecular formula is C13H16N2S. The van der Waals surface area contributed by atoms with Crippen LogP contribution >= 0.6 is 11.3 Å². The van der Waals surface area contributed by atoms with Gasteiger partial charge in [0.1, 0.15) is 11.1 Å². The minimum Gasteiger partial charge on any atom is -0.389 e. The van der Waals surface area contributed by atoms with Crippen LogP contribution in [0.4, 0.5) is 5.00 Å². The van der Waals surface area contributed by atoms with Gasteiger partial charge in [-0.2, -0.15) is 5.26 Å². The van der Waals surface area contributed by atoms with E-state index in [-0.39, 0.29) is 0 Å². The van der Waals surface area contributed by atoms with Crippen molar-refractivity contribution in [3.8, 4) is 6.07 Å². The van der Waals surface area contributed by atoms with Gasteiger partial charge in [-0.3, -0.25) is 0 Å². The first-order valence-electron chi connectivity index (χ1n) is 5.33. The van der Waals surface area contributed by atoms with Crippen LogP contribution in [-0.4, -0.2) is 0 Å². The second-order valence-electron chi connectivity index (χ2n) is 3.36. The summed E-state index contributed by atoms with van der Waals surface area (Å²) in [6, 6.07) is 6.27. The fourth-order valence-corrected chi connectivity index (χ4v) is 2.69. The van der Waals surface area contributed by atoms with Crippen LogP contribution in [0.1, 0.15) is 30.5 Å². The van der Waals surface area contributed by atoms with Crippen molar-refractivity contribution in [2.45, 2.75) is 27.7 Å². The lowest BCUT2D eigenvalue weighted by atomic mass is 10.1. The molecule has 0 spiro atoms. The fraction of sp³-hybridized carbons (Fsp3) is 0.308. The van der Waals surface area contributed by atoms with Crippen molar-refractivity contribution in [2.24, 2.45) is 0 Å². The number of benzene rings is 1. The number of nitriles is 1. The summed E-state index contributed by atoms with van der Waals surface area (Å²) in [6.45, 7) is 8.05. The first-order chi connectivity index (χ1) is 7.65. The molecule has 1 heterocycles. The number of fused-ring (bicyclic) bond motifs is 1. The summed E-state index contributed by atoms with van der Waals surface area (Å²) in [4.78, 5) is 0. The molecule has 2 N–H and O–H groups in total. The van der Waals surface area contributed by atoms with Gasteiger partial charge in [0, 0.05) is 10.1 Å². The number of hydrogen-bond acceptors (Lipinski definition) is 3. The molecule has 0 aliphatic rings. The molecular weight excluding hydrogens is 216 g/mol. The minimum atomic E-state index is 0.625. The molecule has 0 unspecified atom stereocenters. The Hall–Kier alpha value is -1.53. The standard InChI is InChI=1S/C11H10N2S.C2H6/c1-6-3-4-7(2)10-9(6)8(5-12)11(13)14-10;1-2/h3-4H,13H2,1-2H3;1-2H3. The van der Waals surface area contributed by atoms with Crippen LogP contribution in [0.2, 0.25) is 0 Å². The Morgan fingerprint density at radius 3 is 2.31 bits per heavy atom. The van der Waals surface area contributed by atoms with Crippen molar-refractivity contribution in [2.75, 3.05) is 5.73 Å². The second-order valence-corrected chi connectivity index (χ2v) is 4.41. The van der Waals surface area contributed by atoms with E-state index in [2.05, 4.69) is 12.1 Å². The normalized spacial score (nSPS) is 9.44. The molecule has 2 nitrogen and oxygen atoms in total. The van der Waals surface area contributed by atoms with Gasteiger partial charge in [-0.25, -0.2) is 0 Å². The first kappa shape index (κ1) is 12.5. The number of hydrogen-bond donors (Lipinski definition) is 1. The molecule has 0 bridgehead atoms. The van der Waals surface area contributed by atoms with E-state index in [1.807, 2.05) is 33.8 Å². The van der Waals surface area contributed by atoms with Crippen molar-refractivity contribution in [1.29, 1.82) is 5.26 Å². The molecule has 0 aliphatic heterocycles. The molecule has 1 aromatic heterocycles. The highest BCUT2D eigenvalue weighted by molar-refractivity contribution is 7.23. The van der Waals surface area contributed by atoms with Crippen molar-refractivity contribution < 1.29 is 0 Å². The monoisotopic (exact) mass is 232 g/mol. The zero-order chi connectivity index (χ0) is 12.3. The predicted octanol–water partition coefficient (Wildman–Crippen LogP) is 4.00. The van der Waals surface area contributed by atoms with Crippen LogP contribution in [0.15, 0.2) is 12.1 Å². The molecule has 0 atom stereocenters. The maximum Gasteiger partial charge on any atom is 0.105 e. The van der Waals surface area contributed by atoms with Crippen molar-refractivity contribution in [3.05, 3.63) is 28.8 Å². The molecule has 0 radical (unpaired) electrons. The summed E-state index contributed by atoms with van der Waals surface area (Å²) in [5.41, 5.74) is 8.73. The molecule has 2 aromatic rings. The quantitative estimate of drug-likeness (QED) is 0.746. The minimum absolute atomic E-state index is 0.625. The Balaban J connectivity index is 0.000000606. The van der Waals surface area contributed by atoms with Crippen LogP contribution in [0.5, 0.6) is 0 Å². The highest BCUT2D eigenvalue weighted by Gasteiger charge is 2.12. The Morgan fingerprint density at radius 1 is 1.19 bits per heavy atom. The molecule has 2 rings (SSSR count). The molecule has 84 valence electrons. The molecule has 0 fully saturated rings. The summed E-state index contributed by atoms with van der Waals surface area (Å²) < 4.78 is 1.14. The number of aryl methyl sites for hydroxylation is 2. The van der Waals surface area contributed by atoms with Gasteiger partial charge in [0.15, 0.2) is 0 Å². The van der Waals surface area contributed by atoms with Crippen LogP contribution < -0.4 is 5.73 Å². The molecule has 3 heteroatoms. The third-order valence-corrected chi connectivity index (χ3v) is 3.54. The van der Waals surface area contributed by atoms with Crippen LogP contribution in [0, 0.1) is 25.2 Å². The topological polar surface area (TPSA) is 49.8 Å². The third-order valence-electron chi connectivity index (χ3n) is 2.38. The van der Waals surface area contributed by atoms with E-state index < -0.39 is 0 Å². The van der Waals surface area contributed by atoms with Crippen molar-refractivity contribution >= 4 is 26.4 Å². The van der Waals surface area contributed by atoms with E-state index in [1.54, 1.807) is 0 Å². The van der Waals surface area contributed by atoms with Gasteiger partial charge in [-0.05, 0) is 25.0 Å². The van der Waals surface area contributed by atoms with E-state index in [0.717, 1.165) is 15.6 Å². The van der Waals surface area contributed by atoms with Gasteiger partial charge in [0.2, 0.25) is 0 Å². The highest BCUT2D eigenvalue weighted by Crippen LogP contribution is 2.36. The molecule has 0 amide bonds. The summed E-state index contributed by atoms with van der Waals surface area (Å²) in [5.74, 6) is 0. The van der Waals surface area contributed by atoms with E-state index in [1.165, 1.54) is 16.9 Å². The van der Waals surface area contributed by atoms with Gasteiger partial charge >= 0.3 is 0 Å². The molecule has 16 heavy (non-hydrogen) atoms. The van der Waals surface area contributed by atoms with Crippen molar-refractivity contribution in [1.82, 2.24) is 0 Å². The number of nitrogen functional groups attached to an aromatic ring is 1. The summed E-state index contributed by atoms with van der Waals surface area (Å²) >= 11 is 1.50. The van der Waals surface area contributed by atoms with E-state index in [9.17, 15) is 0 Å². The number of rotatable bonds is 0. The zero-order valence-electron chi connectivity index (χ0n) is 10.1. The first-order valence-corrected chi connectivity index (χ1v) is 6.15. The lowest BCUT2D eigenvalue weighted by Crippen LogP contribution is -1.84. The van der Waals surface area contributed by atoms with Gasteiger partial charge in [0.05, 0.1) is 5.56 Å². The molecule has 0 aliphatic carbocycles. The Bertz CT molecular complexity index is 547.